The Morgan fingerprint density at radius 1 is 1.00 bits per heavy atom. The van der Waals surface area contributed by atoms with Crippen LogP contribution in [0.2, 0.25) is 0 Å². The number of esters is 1. The molecule has 1 heterocycles. The van der Waals surface area contributed by atoms with Crippen molar-refractivity contribution in [3.8, 4) is 11.1 Å². The van der Waals surface area contributed by atoms with E-state index in [2.05, 4.69) is 15.6 Å². The normalized spacial score (nSPS) is 10.3. The van der Waals surface area contributed by atoms with Crippen LogP contribution in [-0.4, -0.2) is 29.5 Å². The van der Waals surface area contributed by atoms with Gasteiger partial charge in [0.1, 0.15) is 11.5 Å². The topological polar surface area (TPSA) is 126 Å². The Hall–Kier alpha value is -4.14. The first-order valence-corrected chi connectivity index (χ1v) is 9.01. The Morgan fingerprint density at radius 3 is 2.10 bits per heavy atom. The van der Waals surface area contributed by atoms with Gasteiger partial charge in [0, 0.05) is 23.1 Å². The molecule has 154 valence electrons. The summed E-state index contributed by atoms with van der Waals surface area (Å²) in [5.74, 6) is -1.71. The first-order chi connectivity index (χ1) is 14.4. The molecule has 0 atom stereocenters. The van der Waals surface area contributed by atoms with E-state index in [0.717, 1.165) is 0 Å². The molecule has 0 saturated carbocycles. The van der Waals surface area contributed by atoms with Crippen LogP contribution >= 0.6 is 0 Å². The van der Waals surface area contributed by atoms with Crippen LogP contribution in [0.3, 0.4) is 0 Å². The fourth-order valence-corrected chi connectivity index (χ4v) is 2.83. The molecule has 8 nitrogen and oxygen atoms in total. The molecule has 0 radical (unpaired) electrons. The number of nitrogens with one attached hydrogen (secondary N) is 3. The summed E-state index contributed by atoms with van der Waals surface area (Å²) in [7, 11) is 0. The third-order valence-electron chi connectivity index (χ3n) is 4.16. The maximum absolute atomic E-state index is 12.9. The van der Waals surface area contributed by atoms with Crippen LogP contribution in [0.1, 0.15) is 27.8 Å². The van der Waals surface area contributed by atoms with Gasteiger partial charge in [0.2, 0.25) is 0 Å². The van der Waals surface area contributed by atoms with Gasteiger partial charge in [0.15, 0.2) is 0 Å². The summed E-state index contributed by atoms with van der Waals surface area (Å²) in [4.78, 5) is 38.7. The Morgan fingerprint density at radius 2 is 1.57 bits per heavy atom. The van der Waals surface area contributed by atoms with Gasteiger partial charge in [-0.25, -0.2) is 14.0 Å². The number of hydrogen-bond donors (Lipinski definition) is 4. The number of rotatable bonds is 6. The molecular weight excluding hydrogens is 391 g/mol. The van der Waals surface area contributed by atoms with E-state index in [1.165, 1.54) is 30.5 Å². The van der Waals surface area contributed by atoms with Crippen molar-refractivity contribution in [3.63, 3.8) is 0 Å². The fraction of sp³-hybridized carbons (Fsp3) is 0.0952. The van der Waals surface area contributed by atoms with Crippen LogP contribution in [0.5, 0.6) is 0 Å². The highest BCUT2D eigenvalue weighted by atomic mass is 19.1. The highest BCUT2D eigenvalue weighted by molar-refractivity contribution is 6.07. The van der Waals surface area contributed by atoms with Crippen LogP contribution in [0.4, 0.5) is 20.6 Å². The van der Waals surface area contributed by atoms with Crippen LogP contribution in [0.15, 0.2) is 54.7 Å². The van der Waals surface area contributed by atoms with Crippen molar-refractivity contribution in [2.45, 2.75) is 6.92 Å². The average molecular weight is 410 g/mol. The number of urea groups is 1. The van der Waals surface area contributed by atoms with Gasteiger partial charge in [-0.1, -0.05) is 12.1 Å². The smallest absolute Gasteiger partial charge is 0.340 e. The van der Waals surface area contributed by atoms with Crippen molar-refractivity contribution >= 4 is 29.3 Å². The minimum absolute atomic E-state index is 0.0767. The predicted molar refractivity (Wildman–Crippen MR) is 110 cm³/mol. The molecule has 0 spiro atoms. The minimum atomic E-state index is -0.721. The van der Waals surface area contributed by atoms with E-state index in [0.29, 0.717) is 22.5 Å². The monoisotopic (exact) mass is 410 g/mol. The van der Waals surface area contributed by atoms with E-state index in [1.54, 1.807) is 31.2 Å². The third kappa shape index (κ3) is 4.64. The molecule has 3 aromatic rings. The zero-order valence-electron chi connectivity index (χ0n) is 16.0. The quantitative estimate of drug-likeness (QED) is 0.462. The van der Waals surface area contributed by atoms with Crippen molar-refractivity contribution in [3.05, 3.63) is 71.8 Å². The number of aromatic amines is 1. The number of halogens is 1. The second-order valence-corrected chi connectivity index (χ2v) is 6.20. The van der Waals surface area contributed by atoms with E-state index in [1.807, 2.05) is 0 Å². The summed E-state index contributed by atoms with van der Waals surface area (Å²) in [6.07, 6.45) is 1.37. The van der Waals surface area contributed by atoms with Gasteiger partial charge in [0.25, 0.3) is 5.91 Å². The summed E-state index contributed by atoms with van der Waals surface area (Å²) < 4.78 is 18.0. The molecule has 1 aromatic heterocycles. The van der Waals surface area contributed by atoms with E-state index < -0.39 is 23.7 Å². The molecule has 3 amide bonds. The number of benzene rings is 2. The molecule has 0 aliphatic rings. The summed E-state index contributed by atoms with van der Waals surface area (Å²) in [6, 6.07) is 11.3. The van der Waals surface area contributed by atoms with Crippen LogP contribution in [0, 0.1) is 5.82 Å². The number of hydrogen-bond acceptors (Lipinski definition) is 4. The van der Waals surface area contributed by atoms with Crippen LogP contribution < -0.4 is 16.4 Å². The van der Waals surface area contributed by atoms with Gasteiger partial charge in [-0.15, -0.1) is 0 Å². The number of amides is 3. The number of carbonyl (C=O) groups excluding carboxylic acids is 3. The summed E-state index contributed by atoms with van der Waals surface area (Å²) in [5, 5.41) is 5.22. The summed E-state index contributed by atoms with van der Waals surface area (Å²) in [5.41, 5.74) is 7.42. The van der Waals surface area contributed by atoms with E-state index in [9.17, 15) is 18.8 Å². The maximum atomic E-state index is 12.9. The molecule has 0 unspecified atom stereocenters. The highest BCUT2D eigenvalue weighted by Gasteiger charge is 2.22. The van der Waals surface area contributed by atoms with Crippen molar-refractivity contribution in [2.24, 2.45) is 5.73 Å². The van der Waals surface area contributed by atoms with E-state index >= 15 is 0 Å². The SMILES string of the molecule is CCOC(=O)c1c[nH]c(C(N)=O)c1-c1ccc(NC(=O)Nc2ccc(F)cc2)cc1. The van der Waals surface area contributed by atoms with Crippen molar-refractivity contribution in [1.82, 2.24) is 4.98 Å². The molecule has 30 heavy (non-hydrogen) atoms. The van der Waals surface area contributed by atoms with Gasteiger partial charge in [0.05, 0.1) is 12.2 Å². The first kappa shape index (κ1) is 20.6. The zero-order valence-corrected chi connectivity index (χ0v) is 16.0. The molecule has 0 aliphatic carbocycles. The van der Waals surface area contributed by atoms with Gasteiger partial charge in [-0.3, -0.25) is 4.79 Å². The number of aromatic nitrogens is 1. The summed E-state index contributed by atoms with van der Waals surface area (Å²) >= 11 is 0. The molecule has 3 rings (SSSR count). The molecular formula is C21H19FN4O4. The Kier molecular flexibility index (Phi) is 6.11. The predicted octanol–water partition coefficient (Wildman–Crippen LogP) is 3.74. The average Bonchev–Trinajstić information content (AvgIpc) is 3.16. The Bertz CT molecular complexity index is 1080. The number of carbonyl (C=O) groups is 3. The second kappa shape index (κ2) is 8.91. The van der Waals surface area contributed by atoms with Crippen molar-refractivity contribution < 1.29 is 23.5 Å². The Labute approximate surface area is 171 Å². The lowest BCUT2D eigenvalue weighted by Crippen LogP contribution is -2.19. The lowest BCUT2D eigenvalue weighted by atomic mass is 10.0. The number of H-pyrrole nitrogens is 1. The van der Waals surface area contributed by atoms with E-state index in [4.69, 9.17) is 10.5 Å². The van der Waals surface area contributed by atoms with Gasteiger partial charge < -0.3 is 26.1 Å². The molecule has 0 bridgehead atoms. The van der Waals surface area contributed by atoms with Crippen molar-refractivity contribution in [1.29, 1.82) is 0 Å². The molecule has 0 fully saturated rings. The van der Waals surface area contributed by atoms with Crippen molar-refractivity contribution in [2.75, 3.05) is 17.2 Å². The molecule has 2 aromatic carbocycles. The number of nitrogens with two attached hydrogens (primary N) is 1. The number of primary amides is 1. The Balaban J connectivity index is 1.79. The molecule has 9 heteroatoms. The lowest BCUT2D eigenvalue weighted by molar-refractivity contribution is 0.0527. The van der Waals surface area contributed by atoms with Gasteiger partial charge in [-0.2, -0.15) is 0 Å². The van der Waals surface area contributed by atoms with Crippen LogP contribution in [-0.2, 0) is 4.74 Å². The number of anilines is 2. The standard InChI is InChI=1S/C21H19FN4O4/c1-2-30-20(28)16-11-24-18(19(23)27)17(16)12-3-7-14(8-4-12)25-21(29)26-15-9-5-13(22)6-10-15/h3-11,24H,2H2,1H3,(H2,23,27)(H2,25,26,29). The molecule has 5 N–H and O–H groups in total. The minimum Gasteiger partial charge on any atom is -0.462 e. The second-order valence-electron chi connectivity index (χ2n) is 6.20. The van der Waals surface area contributed by atoms with Gasteiger partial charge in [-0.05, 0) is 48.9 Å². The molecule has 0 saturated heterocycles. The largest absolute Gasteiger partial charge is 0.462 e. The number of ether oxygens (including phenoxy) is 1. The highest BCUT2D eigenvalue weighted by Crippen LogP contribution is 2.29. The fourth-order valence-electron chi connectivity index (χ4n) is 2.83. The maximum Gasteiger partial charge on any atom is 0.340 e. The summed E-state index contributed by atoms with van der Waals surface area (Å²) in [6.45, 7) is 1.86. The van der Waals surface area contributed by atoms with Gasteiger partial charge >= 0.3 is 12.0 Å². The lowest BCUT2D eigenvalue weighted by Gasteiger charge is -2.10. The zero-order chi connectivity index (χ0) is 21.7. The van der Waals surface area contributed by atoms with Crippen LogP contribution in [0.25, 0.3) is 11.1 Å². The third-order valence-corrected chi connectivity index (χ3v) is 4.16. The first-order valence-electron chi connectivity index (χ1n) is 9.01. The molecule has 0 aliphatic heterocycles. The van der Waals surface area contributed by atoms with E-state index in [-0.39, 0.29) is 17.9 Å².